The highest BCUT2D eigenvalue weighted by Crippen LogP contribution is 2.34. The summed E-state index contributed by atoms with van der Waals surface area (Å²) in [7, 11) is 0. The van der Waals surface area contributed by atoms with Gasteiger partial charge in [0.15, 0.2) is 0 Å². The average molecular weight is 384 g/mol. The quantitative estimate of drug-likeness (QED) is 0.326. The minimum absolute atomic E-state index is 1.02. The van der Waals surface area contributed by atoms with Crippen LogP contribution in [0.1, 0.15) is 11.1 Å². The van der Waals surface area contributed by atoms with Crippen molar-refractivity contribution in [2.75, 3.05) is 0 Å². The van der Waals surface area contributed by atoms with Crippen LogP contribution in [0.25, 0.3) is 45.4 Å². The van der Waals surface area contributed by atoms with E-state index in [-0.39, 0.29) is 0 Å². The molecular weight excluding hydrogens is 370 g/mol. The van der Waals surface area contributed by atoms with E-state index in [1.54, 1.807) is 0 Å². The Hall–Kier alpha value is -2.71. The summed E-state index contributed by atoms with van der Waals surface area (Å²) in [5.74, 6) is 0. The predicted molar refractivity (Wildman–Crippen MR) is 109 cm³/mol. The van der Waals surface area contributed by atoms with Crippen molar-refractivity contribution in [2.24, 2.45) is 0 Å². The zero-order valence-corrected chi connectivity index (χ0v) is 15.0. The zero-order valence-electron chi connectivity index (χ0n) is 13.4. The number of halogens is 1. The van der Waals surface area contributed by atoms with Crippen molar-refractivity contribution in [3.05, 3.63) is 88.4 Å². The Morgan fingerprint density at radius 2 is 1.40 bits per heavy atom. The molecule has 118 valence electrons. The molecule has 0 saturated heterocycles. The number of nitrogens with zero attached hydrogens (tertiary/aromatic N) is 1. The standard InChI is InChI=1S/C23H14BrN/c24-20-11-9-15(10-12-20)17-4-1-5-18(13-17)22-14-19-8-7-16-3-2-6-21(25-22)23(16)19/h1-14H. The first-order chi connectivity index (χ1) is 12.3. The van der Waals surface area contributed by atoms with Gasteiger partial charge in [-0.2, -0.15) is 0 Å². The monoisotopic (exact) mass is 383 g/mol. The molecule has 0 fully saturated rings. The maximum absolute atomic E-state index is 4.91. The van der Waals surface area contributed by atoms with Crippen molar-refractivity contribution < 1.29 is 0 Å². The molecule has 0 spiro atoms. The van der Waals surface area contributed by atoms with Gasteiger partial charge in [0.2, 0.25) is 0 Å². The summed E-state index contributed by atoms with van der Waals surface area (Å²) in [6, 6.07) is 25.5. The van der Waals surface area contributed by atoms with Crippen LogP contribution in [0.5, 0.6) is 0 Å². The lowest BCUT2D eigenvalue weighted by molar-refractivity contribution is 1.39. The van der Waals surface area contributed by atoms with E-state index in [0.29, 0.717) is 0 Å². The van der Waals surface area contributed by atoms with E-state index < -0.39 is 0 Å². The maximum atomic E-state index is 4.91. The Labute approximate surface area is 154 Å². The van der Waals surface area contributed by atoms with Crippen LogP contribution in [-0.2, 0) is 0 Å². The Morgan fingerprint density at radius 1 is 0.640 bits per heavy atom. The minimum Gasteiger partial charge on any atom is -0.248 e. The largest absolute Gasteiger partial charge is 0.248 e. The molecule has 0 unspecified atom stereocenters. The third-order valence-corrected chi connectivity index (χ3v) is 5.20. The molecule has 5 rings (SSSR count). The van der Waals surface area contributed by atoms with Crippen molar-refractivity contribution >= 4 is 39.0 Å². The minimum atomic E-state index is 1.02. The molecule has 0 amide bonds. The third-order valence-electron chi connectivity index (χ3n) is 4.67. The van der Waals surface area contributed by atoms with Gasteiger partial charge in [-0.05, 0) is 52.6 Å². The topological polar surface area (TPSA) is 12.9 Å². The van der Waals surface area contributed by atoms with Crippen molar-refractivity contribution in [1.29, 1.82) is 0 Å². The van der Waals surface area contributed by atoms with E-state index >= 15 is 0 Å². The molecule has 1 aliphatic rings. The van der Waals surface area contributed by atoms with Crippen LogP contribution in [-0.4, -0.2) is 4.98 Å². The molecular formula is C23H14BrN. The van der Waals surface area contributed by atoms with E-state index in [1.165, 1.54) is 27.6 Å². The van der Waals surface area contributed by atoms with Crippen molar-refractivity contribution in [3.63, 3.8) is 0 Å². The van der Waals surface area contributed by atoms with Crippen LogP contribution in [0.2, 0.25) is 0 Å². The molecule has 0 bridgehead atoms. The Balaban J connectivity index is 1.65. The fraction of sp³-hybridized carbons (Fsp3) is 0. The number of hydrogen-bond acceptors (Lipinski definition) is 1. The molecule has 0 aliphatic heterocycles. The van der Waals surface area contributed by atoms with Crippen LogP contribution >= 0.6 is 15.9 Å². The number of rotatable bonds is 2. The Bertz CT molecular complexity index is 1140. The smallest absolute Gasteiger partial charge is 0.0721 e. The first kappa shape index (κ1) is 14.6. The maximum Gasteiger partial charge on any atom is 0.0721 e. The molecule has 1 nitrogen and oxygen atoms in total. The molecule has 1 heterocycles. The summed E-state index contributed by atoms with van der Waals surface area (Å²) in [6.07, 6.45) is 4.35. The molecule has 0 saturated carbocycles. The van der Waals surface area contributed by atoms with Gasteiger partial charge in [0.25, 0.3) is 0 Å². The summed E-state index contributed by atoms with van der Waals surface area (Å²) in [4.78, 5) is 4.91. The van der Waals surface area contributed by atoms with Crippen molar-refractivity contribution in [1.82, 2.24) is 4.98 Å². The summed E-state index contributed by atoms with van der Waals surface area (Å²) in [5, 5.41) is 1.26. The zero-order chi connectivity index (χ0) is 16.8. The Morgan fingerprint density at radius 3 is 2.28 bits per heavy atom. The van der Waals surface area contributed by atoms with Crippen LogP contribution < -0.4 is 0 Å². The van der Waals surface area contributed by atoms with Gasteiger partial charge in [-0.3, -0.25) is 0 Å². The van der Waals surface area contributed by atoms with Crippen LogP contribution in [0.15, 0.2) is 77.3 Å². The van der Waals surface area contributed by atoms with Crippen LogP contribution in [0.4, 0.5) is 0 Å². The van der Waals surface area contributed by atoms with Crippen LogP contribution in [0.3, 0.4) is 0 Å². The highest BCUT2D eigenvalue weighted by molar-refractivity contribution is 9.10. The molecule has 4 aromatic rings. The first-order valence-electron chi connectivity index (χ1n) is 8.26. The van der Waals surface area contributed by atoms with Gasteiger partial charge in [-0.1, -0.05) is 70.5 Å². The lowest BCUT2D eigenvalue weighted by Crippen LogP contribution is -1.89. The number of benzene rings is 3. The van der Waals surface area contributed by atoms with E-state index in [0.717, 1.165) is 21.2 Å². The second-order valence-electron chi connectivity index (χ2n) is 6.26. The van der Waals surface area contributed by atoms with Gasteiger partial charge < -0.3 is 0 Å². The molecule has 2 heteroatoms. The van der Waals surface area contributed by atoms with Gasteiger partial charge in [-0.25, -0.2) is 4.98 Å². The fourth-order valence-corrected chi connectivity index (χ4v) is 3.71. The Kier molecular flexibility index (Phi) is 3.32. The predicted octanol–water partition coefficient (Wildman–Crippen LogP) is 6.82. The molecule has 1 aromatic heterocycles. The molecule has 25 heavy (non-hydrogen) atoms. The normalized spacial score (nSPS) is 12.0. The van der Waals surface area contributed by atoms with Crippen molar-refractivity contribution in [3.8, 4) is 22.4 Å². The highest BCUT2D eigenvalue weighted by atomic mass is 79.9. The lowest BCUT2D eigenvalue weighted by atomic mass is 10.00. The van der Waals surface area contributed by atoms with Gasteiger partial charge in [0.1, 0.15) is 0 Å². The van der Waals surface area contributed by atoms with E-state index in [9.17, 15) is 0 Å². The van der Waals surface area contributed by atoms with Gasteiger partial charge >= 0.3 is 0 Å². The first-order valence-corrected chi connectivity index (χ1v) is 9.05. The molecule has 1 aliphatic carbocycles. The lowest BCUT2D eigenvalue weighted by Gasteiger charge is -2.08. The summed E-state index contributed by atoms with van der Waals surface area (Å²) in [5.41, 5.74) is 8.14. The average Bonchev–Trinajstić information content (AvgIpc) is 3.07. The van der Waals surface area contributed by atoms with Crippen molar-refractivity contribution in [2.45, 2.75) is 0 Å². The van der Waals surface area contributed by atoms with Gasteiger partial charge in [0, 0.05) is 15.4 Å². The summed E-state index contributed by atoms with van der Waals surface area (Å²) < 4.78 is 1.09. The molecule has 3 aromatic carbocycles. The van der Waals surface area contributed by atoms with E-state index in [4.69, 9.17) is 4.98 Å². The highest BCUT2D eigenvalue weighted by Gasteiger charge is 2.12. The molecule has 0 atom stereocenters. The number of pyridine rings is 1. The van der Waals surface area contributed by atoms with Gasteiger partial charge in [0.05, 0.1) is 11.2 Å². The van der Waals surface area contributed by atoms with Crippen LogP contribution in [0, 0.1) is 0 Å². The second kappa shape index (κ2) is 5.68. The second-order valence-corrected chi connectivity index (χ2v) is 7.17. The number of hydrogen-bond donors (Lipinski definition) is 0. The summed E-state index contributed by atoms with van der Waals surface area (Å²) in [6.45, 7) is 0. The number of aromatic nitrogens is 1. The molecule has 0 N–H and O–H groups in total. The fourth-order valence-electron chi connectivity index (χ4n) is 3.44. The van der Waals surface area contributed by atoms with E-state index in [1.807, 2.05) is 0 Å². The van der Waals surface area contributed by atoms with E-state index in [2.05, 4.69) is 101 Å². The van der Waals surface area contributed by atoms with Gasteiger partial charge in [-0.15, -0.1) is 0 Å². The molecule has 0 radical (unpaired) electrons. The summed E-state index contributed by atoms with van der Waals surface area (Å²) >= 11 is 3.50. The third kappa shape index (κ3) is 2.50. The SMILES string of the molecule is Brc1ccc(-c2cccc(-c3cc4c5c(cccc5n3)C=C4)c2)cc1.